The Bertz CT molecular complexity index is 369. The van der Waals surface area contributed by atoms with Crippen LogP contribution in [0.4, 0.5) is 5.13 Å². The molecule has 0 bridgehead atoms. The zero-order valence-corrected chi connectivity index (χ0v) is 12.3. The molecule has 0 aliphatic carbocycles. The molecule has 1 rings (SSSR count). The molecule has 0 atom stereocenters. The van der Waals surface area contributed by atoms with Crippen LogP contribution in [0, 0.1) is 0 Å². The van der Waals surface area contributed by atoms with Gasteiger partial charge in [-0.2, -0.15) is 0 Å². The number of hydrazine groups is 1. The number of anilines is 1. The Kier molecular flexibility index (Phi) is 6.99. The van der Waals surface area contributed by atoms with Gasteiger partial charge in [0.2, 0.25) is 11.0 Å². The fraction of sp³-hybridized carbons (Fsp3) is 0.700. The third kappa shape index (κ3) is 5.65. The van der Waals surface area contributed by atoms with Crippen molar-refractivity contribution in [3.8, 4) is 0 Å². The Morgan fingerprint density at radius 2 is 2.17 bits per heavy atom. The maximum absolute atomic E-state index is 10.9. The predicted molar refractivity (Wildman–Crippen MR) is 75.8 cm³/mol. The minimum absolute atomic E-state index is 0.0950. The van der Waals surface area contributed by atoms with Crippen molar-refractivity contribution in [1.29, 1.82) is 0 Å². The van der Waals surface area contributed by atoms with Crippen molar-refractivity contribution < 1.29 is 4.79 Å². The SMILES string of the molecule is CN(C)c1nnc(SCCCCCC(=O)NN)s1. The monoisotopic (exact) mass is 289 g/mol. The molecule has 1 aromatic rings. The van der Waals surface area contributed by atoms with Crippen molar-refractivity contribution in [3.63, 3.8) is 0 Å². The number of hydrogen-bond donors (Lipinski definition) is 2. The smallest absolute Gasteiger partial charge is 0.233 e. The number of nitrogens with two attached hydrogens (primary N) is 1. The number of unbranched alkanes of at least 4 members (excludes halogenated alkanes) is 2. The van der Waals surface area contributed by atoms with E-state index in [0.717, 1.165) is 34.5 Å². The van der Waals surface area contributed by atoms with Gasteiger partial charge in [0.05, 0.1) is 0 Å². The van der Waals surface area contributed by atoms with Gasteiger partial charge in [0.25, 0.3) is 0 Å². The van der Waals surface area contributed by atoms with Crippen molar-refractivity contribution in [2.24, 2.45) is 5.84 Å². The summed E-state index contributed by atoms with van der Waals surface area (Å²) >= 11 is 3.32. The van der Waals surface area contributed by atoms with E-state index in [9.17, 15) is 4.79 Å². The van der Waals surface area contributed by atoms with E-state index in [1.807, 2.05) is 19.0 Å². The minimum Gasteiger partial charge on any atom is -0.353 e. The Balaban J connectivity index is 2.08. The topological polar surface area (TPSA) is 84.1 Å². The second kappa shape index (κ2) is 8.28. The van der Waals surface area contributed by atoms with E-state index in [1.165, 1.54) is 0 Å². The number of carbonyl (C=O) groups is 1. The van der Waals surface area contributed by atoms with Crippen LogP contribution >= 0.6 is 23.1 Å². The highest BCUT2D eigenvalue weighted by Crippen LogP contribution is 2.27. The lowest BCUT2D eigenvalue weighted by atomic mass is 10.2. The number of carbonyl (C=O) groups excluding carboxylic acids is 1. The molecular formula is C10H19N5OS2. The number of rotatable bonds is 8. The van der Waals surface area contributed by atoms with Gasteiger partial charge in [0, 0.05) is 26.3 Å². The molecule has 1 heterocycles. The first-order chi connectivity index (χ1) is 8.63. The number of amides is 1. The summed E-state index contributed by atoms with van der Waals surface area (Å²) in [6.07, 6.45) is 3.48. The van der Waals surface area contributed by atoms with Crippen LogP contribution in [-0.2, 0) is 4.79 Å². The van der Waals surface area contributed by atoms with Gasteiger partial charge in [-0.05, 0) is 12.8 Å². The Labute approximate surface area is 115 Å². The number of aromatic nitrogens is 2. The van der Waals surface area contributed by atoms with E-state index in [0.29, 0.717) is 6.42 Å². The summed E-state index contributed by atoms with van der Waals surface area (Å²) in [5.74, 6) is 5.91. The molecule has 1 amide bonds. The summed E-state index contributed by atoms with van der Waals surface area (Å²) in [4.78, 5) is 12.8. The van der Waals surface area contributed by atoms with E-state index in [-0.39, 0.29) is 5.91 Å². The summed E-state index contributed by atoms with van der Waals surface area (Å²) < 4.78 is 0.999. The first-order valence-corrected chi connectivity index (χ1v) is 7.56. The third-order valence-electron chi connectivity index (χ3n) is 2.21. The lowest BCUT2D eigenvalue weighted by Gasteiger charge is -2.03. The van der Waals surface area contributed by atoms with E-state index < -0.39 is 0 Å². The summed E-state index contributed by atoms with van der Waals surface area (Å²) in [5.41, 5.74) is 2.13. The largest absolute Gasteiger partial charge is 0.353 e. The van der Waals surface area contributed by atoms with E-state index in [1.54, 1.807) is 23.1 Å². The van der Waals surface area contributed by atoms with Gasteiger partial charge in [0.15, 0.2) is 4.34 Å². The quantitative estimate of drug-likeness (QED) is 0.246. The van der Waals surface area contributed by atoms with Crippen LogP contribution in [0.15, 0.2) is 4.34 Å². The van der Waals surface area contributed by atoms with Crippen LogP contribution < -0.4 is 16.2 Å². The molecule has 0 saturated heterocycles. The van der Waals surface area contributed by atoms with Gasteiger partial charge in [-0.1, -0.05) is 29.5 Å². The zero-order valence-electron chi connectivity index (χ0n) is 10.7. The molecular weight excluding hydrogens is 270 g/mol. The Morgan fingerprint density at radius 3 is 2.78 bits per heavy atom. The number of nitrogens with zero attached hydrogens (tertiary/aromatic N) is 3. The fourth-order valence-electron chi connectivity index (χ4n) is 1.24. The molecule has 1 aromatic heterocycles. The molecule has 18 heavy (non-hydrogen) atoms. The lowest BCUT2D eigenvalue weighted by Crippen LogP contribution is -2.29. The highest BCUT2D eigenvalue weighted by Gasteiger charge is 2.05. The highest BCUT2D eigenvalue weighted by molar-refractivity contribution is 8.01. The fourth-order valence-corrected chi connectivity index (χ4v) is 3.07. The molecule has 0 unspecified atom stereocenters. The molecule has 0 aliphatic heterocycles. The summed E-state index contributed by atoms with van der Waals surface area (Å²) in [7, 11) is 3.91. The molecule has 0 saturated carbocycles. The lowest BCUT2D eigenvalue weighted by molar-refractivity contribution is -0.121. The van der Waals surface area contributed by atoms with Crippen molar-refractivity contribution in [1.82, 2.24) is 15.6 Å². The van der Waals surface area contributed by atoms with E-state index in [4.69, 9.17) is 5.84 Å². The zero-order chi connectivity index (χ0) is 13.4. The molecule has 3 N–H and O–H groups in total. The maximum atomic E-state index is 10.9. The van der Waals surface area contributed by atoms with Gasteiger partial charge < -0.3 is 4.90 Å². The van der Waals surface area contributed by atoms with Gasteiger partial charge >= 0.3 is 0 Å². The molecule has 0 aliphatic rings. The molecule has 0 radical (unpaired) electrons. The van der Waals surface area contributed by atoms with Crippen LogP contribution in [0.2, 0.25) is 0 Å². The van der Waals surface area contributed by atoms with Crippen LogP contribution in [-0.4, -0.2) is 36.0 Å². The summed E-state index contributed by atoms with van der Waals surface area (Å²) in [5, 5.41) is 9.11. The normalized spacial score (nSPS) is 10.4. The molecule has 0 fully saturated rings. The molecule has 102 valence electrons. The Morgan fingerprint density at radius 1 is 1.39 bits per heavy atom. The standard InChI is InChI=1S/C10H19N5OS2/c1-15(2)9-13-14-10(18-9)17-7-5-3-4-6-8(16)12-11/h3-7,11H2,1-2H3,(H,12,16). The van der Waals surface area contributed by atoms with E-state index in [2.05, 4.69) is 15.6 Å². The number of nitrogens with one attached hydrogen (secondary N) is 1. The Hall–Kier alpha value is -0.860. The van der Waals surface area contributed by atoms with Crippen LogP contribution in [0.25, 0.3) is 0 Å². The van der Waals surface area contributed by atoms with Gasteiger partial charge in [-0.15, -0.1) is 10.2 Å². The van der Waals surface area contributed by atoms with Gasteiger partial charge in [-0.3, -0.25) is 10.2 Å². The second-order valence-electron chi connectivity index (χ2n) is 3.97. The number of hydrogen-bond acceptors (Lipinski definition) is 7. The summed E-state index contributed by atoms with van der Waals surface area (Å²) in [6.45, 7) is 0. The van der Waals surface area contributed by atoms with Crippen molar-refractivity contribution in [2.45, 2.75) is 30.0 Å². The van der Waals surface area contributed by atoms with Crippen LogP contribution in [0.5, 0.6) is 0 Å². The van der Waals surface area contributed by atoms with Crippen LogP contribution in [0.1, 0.15) is 25.7 Å². The van der Waals surface area contributed by atoms with Gasteiger partial charge in [0.1, 0.15) is 0 Å². The van der Waals surface area contributed by atoms with Crippen LogP contribution in [0.3, 0.4) is 0 Å². The van der Waals surface area contributed by atoms with Crippen molar-refractivity contribution >= 4 is 34.1 Å². The molecule has 6 nitrogen and oxygen atoms in total. The summed E-state index contributed by atoms with van der Waals surface area (Å²) in [6, 6.07) is 0. The second-order valence-corrected chi connectivity index (χ2v) is 6.27. The predicted octanol–water partition coefficient (Wildman–Crippen LogP) is 1.25. The molecule has 0 aromatic carbocycles. The first kappa shape index (κ1) is 15.2. The van der Waals surface area contributed by atoms with Crippen molar-refractivity contribution in [3.05, 3.63) is 0 Å². The first-order valence-electron chi connectivity index (χ1n) is 5.76. The minimum atomic E-state index is -0.0950. The highest BCUT2D eigenvalue weighted by atomic mass is 32.2. The average molecular weight is 289 g/mol. The molecule has 8 heteroatoms. The van der Waals surface area contributed by atoms with Crippen molar-refractivity contribution in [2.75, 3.05) is 24.7 Å². The third-order valence-corrected chi connectivity index (χ3v) is 4.52. The molecule has 0 spiro atoms. The number of thioether (sulfide) groups is 1. The average Bonchev–Trinajstić information content (AvgIpc) is 2.82. The maximum Gasteiger partial charge on any atom is 0.233 e. The van der Waals surface area contributed by atoms with E-state index >= 15 is 0 Å². The van der Waals surface area contributed by atoms with Gasteiger partial charge in [-0.25, -0.2) is 5.84 Å².